The molecule has 0 spiro atoms. The van der Waals surface area contributed by atoms with Gasteiger partial charge in [-0.05, 0) is 0 Å². The number of aliphatic hydroxyl groups is 1. The molecule has 0 radical (unpaired) electrons. The van der Waals surface area contributed by atoms with Crippen LogP contribution in [0.2, 0.25) is 6.55 Å². The molecule has 7 heteroatoms. The number of fused-ring (bicyclic) bond motifs is 1. The molecule has 2 unspecified atom stereocenters. The molecule has 0 saturated carbocycles. The van der Waals surface area contributed by atoms with Crippen LogP contribution in [0, 0.1) is 0 Å². The Morgan fingerprint density at radius 3 is 2.57 bits per heavy atom. The molecule has 2 N–H and O–H groups in total. The Morgan fingerprint density at radius 2 is 1.96 bits per heavy atom. The zero-order valence-corrected chi connectivity index (χ0v) is 19.3. The van der Waals surface area contributed by atoms with Crippen molar-refractivity contribution in [3.05, 3.63) is 41.5 Å². The van der Waals surface area contributed by atoms with Crippen LogP contribution in [0.5, 0.6) is 0 Å². The molecule has 0 aliphatic heterocycles. The first kappa shape index (κ1) is 19.8. The molecular weight excluding hydrogens is 428 g/mol. The molecule has 0 fully saturated rings. The fourth-order valence-corrected chi connectivity index (χ4v) is 32.2. The predicted octanol–water partition coefficient (Wildman–Crippen LogP) is 3.91. The van der Waals surface area contributed by atoms with Crippen LogP contribution in [0.25, 0.3) is 6.08 Å². The van der Waals surface area contributed by atoms with Crippen molar-refractivity contribution < 1.29 is 25.4 Å². The number of allylic oxidation sites excluding steroid dienone is 1. The number of hydrogen-bond acceptors (Lipinski definition) is 3. The number of hydrogen-bond donors (Lipinski definition) is 2. The van der Waals surface area contributed by atoms with Crippen molar-refractivity contribution in [1.82, 2.24) is 3.26 Å². The maximum absolute atomic E-state index is 9.12. The Morgan fingerprint density at radius 1 is 1.30 bits per heavy atom. The van der Waals surface area contributed by atoms with E-state index in [0.29, 0.717) is 6.61 Å². The average molecular weight is 455 g/mol. The van der Waals surface area contributed by atoms with Gasteiger partial charge in [0.25, 0.3) is 0 Å². The van der Waals surface area contributed by atoms with Crippen molar-refractivity contribution in [2.75, 3.05) is 13.2 Å². The molecule has 1 aromatic carbocycles. The van der Waals surface area contributed by atoms with Gasteiger partial charge in [0.05, 0.1) is 0 Å². The summed E-state index contributed by atoms with van der Waals surface area (Å²) in [4.78, 5) is 0. The quantitative estimate of drug-likeness (QED) is 0.641. The third-order valence-corrected chi connectivity index (χ3v) is 43.5. The number of benzene rings is 1. The predicted molar refractivity (Wildman–Crippen MR) is 98.9 cm³/mol. The van der Waals surface area contributed by atoms with E-state index in [0.717, 1.165) is 0 Å². The van der Waals surface area contributed by atoms with Crippen LogP contribution in [0.3, 0.4) is 0 Å². The number of rotatable bonds is 6. The first-order valence-corrected chi connectivity index (χ1v) is 23.4. The summed E-state index contributed by atoms with van der Waals surface area (Å²) in [5.74, 6) is 0. The zero-order valence-electron chi connectivity index (χ0n) is 14.1. The van der Waals surface area contributed by atoms with E-state index in [1.807, 2.05) is 12.1 Å². The summed E-state index contributed by atoms with van der Waals surface area (Å²) in [6, 6.07) is 8.25. The van der Waals surface area contributed by atoms with E-state index in [2.05, 4.69) is 54.9 Å². The molecule has 3 nitrogen and oxygen atoms in total. The van der Waals surface area contributed by atoms with E-state index in [9.17, 15) is 0 Å². The molecule has 1 aliphatic carbocycles. The summed E-state index contributed by atoms with van der Waals surface area (Å²) in [7, 11) is 14.7. The monoisotopic (exact) mass is 452 g/mol. The van der Waals surface area contributed by atoms with Gasteiger partial charge in [-0.2, -0.15) is 0 Å². The second-order valence-electron chi connectivity index (χ2n) is 7.23. The molecular formula is C16H26Cl2NO2SiZr. The first-order chi connectivity index (χ1) is 10.6. The van der Waals surface area contributed by atoms with Crippen LogP contribution >= 0.6 is 17.0 Å². The van der Waals surface area contributed by atoms with E-state index in [1.165, 1.54) is 11.1 Å². The molecule has 0 amide bonds. The Balaban J connectivity index is 2.49. The summed E-state index contributed by atoms with van der Waals surface area (Å²) in [6.45, 7) is 8.60. The second kappa shape index (κ2) is 7.03. The summed E-state index contributed by atoms with van der Waals surface area (Å²) >= 11 is -4.51. The Labute approximate surface area is 148 Å². The van der Waals surface area contributed by atoms with Gasteiger partial charge in [-0.15, -0.1) is 0 Å². The first-order valence-electron chi connectivity index (χ1n) is 7.94. The van der Waals surface area contributed by atoms with Gasteiger partial charge in [0.15, 0.2) is 0 Å². The zero-order chi connectivity index (χ0) is 17.3. The molecule has 2 atom stereocenters. The number of halogens is 2. The van der Waals surface area contributed by atoms with Crippen molar-refractivity contribution >= 4 is 29.3 Å². The summed E-state index contributed by atoms with van der Waals surface area (Å²) in [5, 5.41) is 9.12. The van der Waals surface area contributed by atoms with E-state index in [1.54, 1.807) is 0 Å². The molecule has 23 heavy (non-hydrogen) atoms. The van der Waals surface area contributed by atoms with Gasteiger partial charge in [-0.1, -0.05) is 0 Å². The number of aliphatic hydroxyl groups excluding tert-OH is 1. The minimum atomic E-state index is -4.51. The molecule has 0 aromatic heterocycles. The maximum atomic E-state index is 9.12. The van der Waals surface area contributed by atoms with Crippen molar-refractivity contribution in [1.29, 1.82) is 0 Å². The minimum absolute atomic E-state index is 0.00411. The average Bonchev–Trinajstić information content (AvgIpc) is 2.87. The SMILES string of the molecule is C[SiH](OCCO)[Zr]([Cl])([Cl])([NH]C(C)(C)C)[CH]1C=Cc2ccccc21. The van der Waals surface area contributed by atoms with Crippen molar-refractivity contribution in [3.63, 3.8) is 0 Å². The third kappa shape index (κ3) is 4.20. The van der Waals surface area contributed by atoms with Crippen molar-refractivity contribution in [3.8, 4) is 0 Å². The standard InChI is InChI=1S/C9H7.C4H10N.C3H9O2Si.2ClH.Zr/c1-2-5-9-7-3-6-8(9)4-1;1-4(2,3)5;1-6-5-3-2-4;;;/h1-7H;5H,1-3H3;4,6H,2-3H2,1H3;2*1H;/q;-1;;;;+3/p-2. The molecule has 1 aromatic rings. The van der Waals surface area contributed by atoms with Crippen LogP contribution < -0.4 is 3.26 Å². The van der Waals surface area contributed by atoms with Crippen LogP contribution in [-0.2, 0) is 20.3 Å². The third-order valence-electron chi connectivity index (χ3n) is 4.19. The van der Waals surface area contributed by atoms with Crippen LogP contribution in [-0.4, -0.2) is 30.0 Å². The summed E-state index contributed by atoms with van der Waals surface area (Å²) in [5.41, 5.74) is 2.16. The molecule has 2 rings (SSSR count). The van der Waals surface area contributed by atoms with E-state index >= 15 is 0 Å². The van der Waals surface area contributed by atoms with Crippen LogP contribution in [0.4, 0.5) is 0 Å². The van der Waals surface area contributed by atoms with Crippen molar-refractivity contribution in [2.45, 2.75) is 36.5 Å². The van der Waals surface area contributed by atoms with Gasteiger partial charge in [0.2, 0.25) is 0 Å². The molecule has 129 valence electrons. The van der Waals surface area contributed by atoms with Crippen LogP contribution in [0.15, 0.2) is 30.3 Å². The molecule has 0 saturated heterocycles. The number of nitrogens with one attached hydrogen (secondary N) is 1. The second-order valence-corrected chi connectivity index (χ2v) is 44.9. The van der Waals surface area contributed by atoms with Gasteiger partial charge in [0.1, 0.15) is 0 Å². The van der Waals surface area contributed by atoms with Gasteiger partial charge in [0, 0.05) is 0 Å². The Bertz CT molecular complexity index is 604. The molecule has 0 bridgehead atoms. The van der Waals surface area contributed by atoms with Crippen molar-refractivity contribution in [2.24, 2.45) is 0 Å². The fraction of sp³-hybridized carbons (Fsp3) is 0.500. The fourth-order valence-electron chi connectivity index (χ4n) is 3.24. The summed E-state index contributed by atoms with van der Waals surface area (Å²) < 4.78 is 9.60. The van der Waals surface area contributed by atoms with E-state index in [-0.39, 0.29) is 15.8 Å². The topological polar surface area (TPSA) is 41.5 Å². The van der Waals surface area contributed by atoms with Crippen LogP contribution in [0.1, 0.15) is 35.5 Å². The normalized spacial score (nSPS) is 20.8. The summed E-state index contributed by atoms with van der Waals surface area (Å²) in [6.07, 6.45) is 2.29. The van der Waals surface area contributed by atoms with Gasteiger partial charge >= 0.3 is 149 Å². The van der Waals surface area contributed by atoms with Gasteiger partial charge in [-0.3, -0.25) is 0 Å². The van der Waals surface area contributed by atoms with E-state index in [4.69, 9.17) is 26.6 Å². The Kier molecular flexibility index (Phi) is 6.06. The van der Waals surface area contributed by atoms with Gasteiger partial charge < -0.3 is 0 Å². The van der Waals surface area contributed by atoms with E-state index < -0.39 is 22.0 Å². The molecule has 0 heterocycles. The van der Waals surface area contributed by atoms with Gasteiger partial charge in [-0.25, -0.2) is 0 Å². The Hall–Kier alpha value is 0.520. The molecule has 1 aliphatic rings.